The lowest BCUT2D eigenvalue weighted by molar-refractivity contribution is 0.112. The van der Waals surface area contributed by atoms with Crippen LogP contribution in [0.4, 0.5) is 0 Å². The van der Waals surface area contributed by atoms with Gasteiger partial charge in [-0.25, -0.2) is 0 Å². The smallest absolute Gasteiger partial charge is 0.150 e. The minimum absolute atomic E-state index is 0.603. The molecule has 0 N–H and O–H groups in total. The van der Waals surface area contributed by atoms with E-state index < -0.39 is 0 Å². The van der Waals surface area contributed by atoms with Gasteiger partial charge < -0.3 is 0 Å². The lowest BCUT2D eigenvalue weighted by Gasteiger charge is -2.07. The number of hydrogen-bond acceptors (Lipinski definition) is 2. The quantitative estimate of drug-likeness (QED) is 0.759. The first-order valence-electron chi connectivity index (χ1n) is 5.51. The van der Waals surface area contributed by atoms with Crippen molar-refractivity contribution in [3.63, 3.8) is 0 Å². The monoisotopic (exact) mass is 233 g/mol. The van der Waals surface area contributed by atoms with Crippen LogP contribution in [0.15, 0.2) is 49.0 Å². The summed E-state index contributed by atoms with van der Waals surface area (Å²) in [6.07, 6.45) is 2.47. The molecule has 0 fully saturated rings. The third-order valence-electron chi connectivity index (χ3n) is 2.79. The molecule has 0 heterocycles. The summed E-state index contributed by atoms with van der Waals surface area (Å²) in [7, 11) is 0. The van der Waals surface area contributed by atoms with E-state index in [0.717, 1.165) is 23.0 Å². The van der Waals surface area contributed by atoms with Crippen molar-refractivity contribution in [2.75, 3.05) is 0 Å². The molecule has 0 aliphatic rings. The van der Waals surface area contributed by atoms with Gasteiger partial charge in [-0.05, 0) is 11.1 Å². The molecule has 2 heteroatoms. The molecule has 2 aromatic carbocycles. The Morgan fingerprint density at radius 2 is 1.83 bits per heavy atom. The number of carbonyl (C=O) groups excluding carboxylic acids is 1. The highest BCUT2D eigenvalue weighted by atomic mass is 16.1. The molecular weight excluding hydrogens is 222 g/mol. The predicted molar refractivity (Wildman–Crippen MR) is 72.1 cm³/mol. The van der Waals surface area contributed by atoms with Crippen molar-refractivity contribution in [1.29, 1.82) is 5.26 Å². The molecule has 0 aromatic heterocycles. The number of nitriles is 1. The molecule has 86 valence electrons. The minimum atomic E-state index is 0.603. The second kappa shape index (κ2) is 5.11. The maximum atomic E-state index is 10.6. The van der Waals surface area contributed by atoms with Gasteiger partial charge in [0.05, 0.1) is 5.56 Å². The molecule has 0 unspecified atom stereocenters. The Hall–Kier alpha value is -2.66. The molecule has 0 bridgehead atoms. The average Bonchev–Trinajstić information content (AvgIpc) is 2.46. The number of nitrogens with zero attached hydrogens (tertiary/aromatic N) is 1. The molecular formula is C16H11NO. The van der Waals surface area contributed by atoms with Crippen molar-refractivity contribution >= 4 is 12.4 Å². The van der Waals surface area contributed by atoms with Crippen LogP contribution >= 0.6 is 0 Å². The third kappa shape index (κ3) is 2.07. The van der Waals surface area contributed by atoms with E-state index in [4.69, 9.17) is 0 Å². The minimum Gasteiger partial charge on any atom is -0.298 e. The van der Waals surface area contributed by atoms with Gasteiger partial charge in [-0.2, -0.15) is 5.26 Å². The summed E-state index contributed by atoms with van der Waals surface area (Å²) in [5.74, 6) is 0. The first-order valence-corrected chi connectivity index (χ1v) is 5.51. The molecule has 0 spiro atoms. The van der Waals surface area contributed by atoms with Crippen LogP contribution in [-0.2, 0) is 0 Å². The number of hydrogen-bond donors (Lipinski definition) is 0. The maximum Gasteiger partial charge on any atom is 0.150 e. The van der Waals surface area contributed by atoms with Gasteiger partial charge in [0.1, 0.15) is 12.4 Å². The van der Waals surface area contributed by atoms with E-state index in [0.29, 0.717) is 11.1 Å². The Bertz CT molecular complexity index is 633. The van der Waals surface area contributed by atoms with Crippen molar-refractivity contribution in [2.24, 2.45) is 0 Å². The molecule has 0 amide bonds. The molecule has 2 rings (SSSR count). The summed E-state index contributed by atoms with van der Waals surface area (Å²) in [5, 5.41) is 9.24. The van der Waals surface area contributed by atoms with Crippen LogP contribution in [0.3, 0.4) is 0 Å². The molecule has 0 saturated carbocycles. The maximum absolute atomic E-state index is 10.6. The topological polar surface area (TPSA) is 40.9 Å². The van der Waals surface area contributed by atoms with E-state index in [1.165, 1.54) is 0 Å². The van der Waals surface area contributed by atoms with E-state index in [2.05, 4.69) is 12.6 Å². The van der Waals surface area contributed by atoms with Gasteiger partial charge in [-0.1, -0.05) is 55.1 Å². The Morgan fingerprint density at radius 1 is 1.11 bits per heavy atom. The van der Waals surface area contributed by atoms with Crippen LogP contribution in [0.5, 0.6) is 0 Å². The number of rotatable bonds is 3. The van der Waals surface area contributed by atoms with Crippen LogP contribution in [0.25, 0.3) is 17.2 Å². The lowest BCUT2D eigenvalue weighted by atomic mass is 9.95. The fourth-order valence-electron chi connectivity index (χ4n) is 1.85. The second-order valence-electron chi connectivity index (χ2n) is 3.83. The fraction of sp³-hybridized carbons (Fsp3) is 0. The van der Waals surface area contributed by atoms with Crippen LogP contribution in [-0.4, -0.2) is 6.29 Å². The average molecular weight is 233 g/mol. The molecule has 0 aliphatic carbocycles. The molecule has 18 heavy (non-hydrogen) atoms. The number of aldehydes is 1. The fourth-order valence-corrected chi connectivity index (χ4v) is 1.85. The normalized spacial score (nSPS) is 9.50. The highest BCUT2D eigenvalue weighted by Crippen LogP contribution is 2.26. The zero-order chi connectivity index (χ0) is 13.0. The van der Waals surface area contributed by atoms with E-state index in [-0.39, 0.29) is 0 Å². The van der Waals surface area contributed by atoms with Crippen molar-refractivity contribution in [3.8, 4) is 17.2 Å². The summed E-state index contributed by atoms with van der Waals surface area (Å²) in [5.41, 5.74) is 3.81. The van der Waals surface area contributed by atoms with Gasteiger partial charge in [0.25, 0.3) is 0 Å². The first-order chi connectivity index (χ1) is 8.80. The van der Waals surface area contributed by atoms with Gasteiger partial charge in [-0.15, -0.1) is 0 Å². The van der Waals surface area contributed by atoms with Crippen LogP contribution < -0.4 is 0 Å². The van der Waals surface area contributed by atoms with Crippen molar-refractivity contribution in [1.82, 2.24) is 0 Å². The van der Waals surface area contributed by atoms with Gasteiger partial charge in [0.15, 0.2) is 0 Å². The summed E-state index contributed by atoms with van der Waals surface area (Å²) >= 11 is 0. The van der Waals surface area contributed by atoms with Gasteiger partial charge in [-0.3, -0.25) is 4.79 Å². The molecule has 0 aliphatic heterocycles. The number of carbonyl (C=O) groups is 1. The highest BCUT2D eigenvalue weighted by Gasteiger charge is 2.07. The predicted octanol–water partition coefficient (Wildman–Crippen LogP) is 3.68. The van der Waals surface area contributed by atoms with E-state index in [9.17, 15) is 10.1 Å². The SMILES string of the molecule is C=Cc1cccc(-c2ccc(C=O)cc2)c1C#N. The Morgan fingerprint density at radius 3 is 2.39 bits per heavy atom. The van der Waals surface area contributed by atoms with Crippen LogP contribution in [0, 0.1) is 11.3 Å². The van der Waals surface area contributed by atoms with E-state index in [1.54, 1.807) is 18.2 Å². The number of benzene rings is 2. The Balaban J connectivity index is 2.60. The van der Waals surface area contributed by atoms with Gasteiger partial charge in [0, 0.05) is 11.1 Å². The molecule has 0 atom stereocenters. The van der Waals surface area contributed by atoms with E-state index >= 15 is 0 Å². The van der Waals surface area contributed by atoms with Crippen LogP contribution in [0.2, 0.25) is 0 Å². The Labute approximate surface area is 106 Å². The van der Waals surface area contributed by atoms with Crippen molar-refractivity contribution in [2.45, 2.75) is 0 Å². The molecule has 2 aromatic rings. The standard InChI is InChI=1S/C16H11NO/c1-2-13-4-3-5-15(16(13)10-17)14-8-6-12(11-18)7-9-14/h2-9,11H,1H2. The zero-order valence-corrected chi connectivity index (χ0v) is 9.76. The molecule has 2 nitrogen and oxygen atoms in total. The first kappa shape index (κ1) is 11.8. The van der Waals surface area contributed by atoms with Gasteiger partial charge >= 0.3 is 0 Å². The summed E-state index contributed by atoms with van der Waals surface area (Å²) < 4.78 is 0. The second-order valence-corrected chi connectivity index (χ2v) is 3.83. The summed E-state index contributed by atoms with van der Waals surface area (Å²) in [4.78, 5) is 10.6. The third-order valence-corrected chi connectivity index (χ3v) is 2.79. The van der Waals surface area contributed by atoms with Crippen molar-refractivity contribution in [3.05, 3.63) is 65.7 Å². The molecule has 0 radical (unpaired) electrons. The largest absolute Gasteiger partial charge is 0.298 e. The highest BCUT2D eigenvalue weighted by molar-refractivity contribution is 5.79. The summed E-state index contributed by atoms with van der Waals surface area (Å²) in [6, 6.07) is 15.0. The van der Waals surface area contributed by atoms with Crippen molar-refractivity contribution < 1.29 is 4.79 Å². The molecule has 0 saturated heterocycles. The summed E-state index contributed by atoms with van der Waals surface area (Å²) in [6.45, 7) is 3.70. The lowest BCUT2D eigenvalue weighted by Crippen LogP contribution is -1.89. The van der Waals surface area contributed by atoms with Crippen LogP contribution in [0.1, 0.15) is 21.5 Å². The zero-order valence-electron chi connectivity index (χ0n) is 9.76. The van der Waals surface area contributed by atoms with E-state index in [1.807, 2.05) is 30.3 Å². The van der Waals surface area contributed by atoms with Gasteiger partial charge in [0.2, 0.25) is 0 Å². The Kier molecular flexibility index (Phi) is 3.36.